The zero-order valence-electron chi connectivity index (χ0n) is 27.0. The van der Waals surface area contributed by atoms with Gasteiger partial charge in [0, 0.05) is 31.1 Å². The predicted octanol–water partition coefficient (Wildman–Crippen LogP) is 6.75. The summed E-state index contributed by atoms with van der Waals surface area (Å²) in [5.74, 6) is 0.121. The van der Waals surface area contributed by atoms with Crippen molar-refractivity contribution in [3.63, 3.8) is 0 Å². The van der Waals surface area contributed by atoms with Crippen molar-refractivity contribution in [1.29, 1.82) is 0 Å². The lowest BCUT2D eigenvalue weighted by Gasteiger charge is -2.41. The zero-order valence-corrected chi connectivity index (χ0v) is 27.0. The molecule has 2 aromatic carbocycles. The molecule has 0 radical (unpaired) electrons. The fourth-order valence-corrected chi connectivity index (χ4v) is 6.30. The molecule has 0 saturated heterocycles. The predicted molar refractivity (Wildman–Crippen MR) is 171 cm³/mol. The average molecular weight is 602 g/mol. The van der Waals surface area contributed by atoms with Gasteiger partial charge in [0.05, 0.1) is 6.42 Å². The fourth-order valence-electron chi connectivity index (χ4n) is 6.30. The van der Waals surface area contributed by atoms with E-state index < -0.39 is 5.97 Å². The summed E-state index contributed by atoms with van der Waals surface area (Å²) in [7, 11) is 0. The molecule has 8 heteroatoms. The lowest BCUT2D eigenvalue weighted by atomic mass is 9.71. The summed E-state index contributed by atoms with van der Waals surface area (Å²) in [5.41, 5.74) is 9.69. The number of nitrogens with zero attached hydrogens (tertiary/aromatic N) is 1. The first-order chi connectivity index (χ1) is 20.8. The minimum Gasteiger partial charge on any atom is -0.481 e. The Morgan fingerprint density at radius 3 is 2.14 bits per heavy atom. The van der Waals surface area contributed by atoms with Gasteiger partial charge in [-0.25, -0.2) is 5.01 Å². The number of nitrogens with one attached hydrogen (secondary N) is 2. The SMILES string of the molecule is Cc1cc(C)c(Cc2ccc(C(=O)NN(Cc3ccc(C(=O)NCCC(=O)O)cc3)C3CCC(C(C)(C)C)CC3)o2)c(C)c1. The van der Waals surface area contributed by atoms with Gasteiger partial charge >= 0.3 is 11.9 Å². The molecule has 0 aliphatic heterocycles. The Bertz CT molecular complexity index is 1440. The van der Waals surface area contributed by atoms with Crippen LogP contribution in [0.4, 0.5) is 0 Å². The molecule has 236 valence electrons. The number of hydrogen-bond donors (Lipinski definition) is 3. The van der Waals surface area contributed by atoms with E-state index in [0.29, 0.717) is 24.4 Å². The van der Waals surface area contributed by atoms with E-state index in [1.165, 1.54) is 22.3 Å². The van der Waals surface area contributed by atoms with Crippen molar-refractivity contribution >= 4 is 17.8 Å². The third-order valence-electron chi connectivity index (χ3n) is 8.88. The number of aliphatic carboxylic acids is 1. The minimum atomic E-state index is -0.957. The highest BCUT2D eigenvalue weighted by Crippen LogP contribution is 2.39. The molecule has 0 unspecified atom stereocenters. The summed E-state index contributed by atoms with van der Waals surface area (Å²) in [4.78, 5) is 36.7. The largest absolute Gasteiger partial charge is 0.481 e. The number of carbonyl (C=O) groups excluding carboxylic acids is 2. The van der Waals surface area contributed by atoms with Crippen LogP contribution < -0.4 is 10.7 Å². The Morgan fingerprint density at radius 1 is 0.909 bits per heavy atom. The van der Waals surface area contributed by atoms with Gasteiger partial charge in [-0.3, -0.25) is 19.8 Å². The summed E-state index contributed by atoms with van der Waals surface area (Å²) in [6.45, 7) is 13.8. The average Bonchev–Trinajstić information content (AvgIpc) is 3.43. The Kier molecular flexibility index (Phi) is 10.7. The maximum absolute atomic E-state index is 13.5. The standard InChI is InChI=1S/C36H47N3O5/c1-23-19-24(2)31(25(3)20-23)21-30-15-16-32(44-30)35(43)38-39(29-13-11-28(12-14-29)36(4,5)6)22-26-7-9-27(10-8-26)34(42)37-18-17-33(40)41/h7-10,15-16,19-20,28-29H,11-14,17-18,21-22H2,1-6H3,(H,37,42)(H,38,43)(H,40,41). The van der Waals surface area contributed by atoms with E-state index in [1.807, 2.05) is 23.2 Å². The van der Waals surface area contributed by atoms with Crippen LogP contribution in [0.2, 0.25) is 0 Å². The fraction of sp³-hybridized carbons (Fsp3) is 0.472. The van der Waals surface area contributed by atoms with Crippen molar-refractivity contribution in [3.8, 4) is 0 Å². The van der Waals surface area contributed by atoms with E-state index in [2.05, 4.69) is 64.4 Å². The lowest BCUT2D eigenvalue weighted by Crippen LogP contribution is -2.49. The topological polar surface area (TPSA) is 112 Å². The molecule has 2 amide bonds. The number of rotatable bonds is 11. The molecule has 3 aromatic rings. The van der Waals surface area contributed by atoms with Gasteiger partial charge in [0.15, 0.2) is 5.76 Å². The Balaban J connectivity index is 1.46. The minimum absolute atomic E-state index is 0.0751. The molecular formula is C36H47N3O5. The normalized spacial score (nSPS) is 17.0. The molecule has 0 spiro atoms. The molecule has 44 heavy (non-hydrogen) atoms. The van der Waals surface area contributed by atoms with Crippen LogP contribution in [0.3, 0.4) is 0 Å². The summed E-state index contributed by atoms with van der Waals surface area (Å²) in [5, 5.41) is 13.5. The first-order valence-electron chi connectivity index (χ1n) is 15.6. The van der Waals surface area contributed by atoms with Crippen LogP contribution in [-0.2, 0) is 17.8 Å². The first kappa shape index (κ1) is 33.0. The van der Waals surface area contributed by atoms with Gasteiger partial charge in [-0.15, -0.1) is 0 Å². The number of amides is 2. The van der Waals surface area contributed by atoms with Crippen molar-refractivity contribution in [2.24, 2.45) is 11.3 Å². The van der Waals surface area contributed by atoms with E-state index in [0.717, 1.165) is 37.0 Å². The highest BCUT2D eigenvalue weighted by atomic mass is 16.4. The van der Waals surface area contributed by atoms with Crippen LogP contribution >= 0.6 is 0 Å². The van der Waals surface area contributed by atoms with Crippen LogP contribution in [0, 0.1) is 32.1 Å². The number of hydrazine groups is 1. The third-order valence-corrected chi connectivity index (χ3v) is 8.88. The van der Waals surface area contributed by atoms with E-state index >= 15 is 0 Å². The number of aryl methyl sites for hydroxylation is 3. The van der Waals surface area contributed by atoms with Gasteiger partial charge in [0.2, 0.25) is 0 Å². The molecule has 1 aromatic heterocycles. The highest BCUT2D eigenvalue weighted by molar-refractivity contribution is 5.94. The number of carboxylic acids is 1. The summed E-state index contributed by atoms with van der Waals surface area (Å²) in [6.07, 6.45) is 4.63. The summed E-state index contributed by atoms with van der Waals surface area (Å²) >= 11 is 0. The Labute approximate surface area is 261 Å². The van der Waals surface area contributed by atoms with E-state index in [9.17, 15) is 14.4 Å². The molecule has 0 atom stereocenters. The maximum Gasteiger partial charge on any atom is 0.305 e. The smallest absolute Gasteiger partial charge is 0.305 e. The number of carboxylic acid groups (broad SMARTS) is 1. The second kappa shape index (κ2) is 14.2. The van der Waals surface area contributed by atoms with Crippen LogP contribution in [0.25, 0.3) is 0 Å². The Morgan fingerprint density at radius 2 is 1.55 bits per heavy atom. The Hall–Kier alpha value is -3.91. The van der Waals surface area contributed by atoms with E-state index in [4.69, 9.17) is 9.52 Å². The van der Waals surface area contributed by atoms with Crippen LogP contribution in [0.5, 0.6) is 0 Å². The third kappa shape index (κ3) is 8.82. The number of carbonyl (C=O) groups is 3. The van der Waals surface area contributed by atoms with Gasteiger partial charge in [0.1, 0.15) is 5.76 Å². The van der Waals surface area contributed by atoms with Crippen molar-refractivity contribution in [3.05, 3.63) is 93.4 Å². The van der Waals surface area contributed by atoms with Crippen molar-refractivity contribution in [2.45, 2.75) is 92.7 Å². The molecule has 1 fully saturated rings. The summed E-state index contributed by atoms with van der Waals surface area (Å²) in [6, 6.07) is 15.4. The molecule has 1 aliphatic carbocycles. The van der Waals surface area contributed by atoms with E-state index in [-0.39, 0.29) is 42.0 Å². The summed E-state index contributed by atoms with van der Waals surface area (Å²) < 4.78 is 6.06. The lowest BCUT2D eigenvalue weighted by molar-refractivity contribution is -0.136. The van der Waals surface area contributed by atoms with Crippen LogP contribution in [0.15, 0.2) is 52.9 Å². The van der Waals surface area contributed by atoms with E-state index in [1.54, 1.807) is 18.2 Å². The zero-order chi connectivity index (χ0) is 32.0. The second-order valence-corrected chi connectivity index (χ2v) is 13.4. The first-order valence-corrected chi connectivity index (χ1v) is 15.6. The van der Waals surface area contributed by atoms with Crippen molar-refractivity contribution < 1.29 is 23.9 Å². The molecule has 1 heterocycles. The molecular weight excluding hydrogens is 554 g/mol. The number of benzene rings is 2. The van der Waals surface area contributed by atoms with Crippen LogP contribution in [-0.4, -0.2) is 40.5 Å². The molecule has 4 rings (SSSR count). The monoisotopic (exact) mass is 601 g/mol. The highest BCUT2D eigenvalue weighted by Gasteiger charge is 2.33. The number of furan rings is 1. The number of hydrogen-bond acceptors (Lipinski definition) is 5. The molecule has 1 saturated carbocycles. The van der Waals surface area contributed by atoms with Crippen molar-refractivity contribution in [1.82, 2.24) is 15.8 Å². The quantitative estimate of drug-likeness (QED) is 0.210. The molecule has 8 nitrogen and oxygen atoms in total. The maximum atomic E-state index is 13.5. The molecule has 1 aliphatic rings. The van der Waals surface area contributed by atoms with Crippen molar-refractivity contribution in [2.75, 3.05) is 6.54 Å². The van der Waals surface area contributed by atoms with Gasteiger partial charge in [0.25, 0.3) is 5.91 Å². The van der Waals surface area contributed by atoms with Crippen LogP contribution in [0.1, 0.15) is 107 Å². The van der Waals surface area contributed by atoms with Gasteiger partial charge in [-0.2, -0.15) is 0 Å². The van der Waals surface area contributed by atoms with Gasteiger partial charge in [-0.05, 0) is 104 Å². The molecule has 0 bridgehead atoms. The second-order valence-electron chi connectivity index (χ2n) is 13.4. The molecule has 3 N–H and O–H groups in total. The van der Waals surface area contributed by atoms with Gasteiger partial charge in [-0.1, -0.05) is 50.6 Å². The van der Waals surface area contributed by atoms with Gasteiger partial charge < -0.3 is 14.8 Å².